The summed E-state index contributed by atoms with van der Waals surface area (Å²) in [5, 5.41) is 23.2. The number of rotatable bonds is 6. The zero-order valence-electron chi connectivity index (χ0n) is 9.82. The van der Waals surface area contributed by atoms with Crippen molar-refractivity contribution in [3.05, 3.63) is 0 Å². The monoisotopic (exact) mass is 244 g/mol. The van der Waals surface area contributed by atoms with Crippen LogP contribution in [0.25, 0.3) is 0 Å². The van der Waals surface area contributed by atoms with E-state index < -0.39 is 12.0 Å². The molecule has 0 aromatic carbocycles. The first-order valence-electron chi connectivity index (χ1n) is 5.97. The van der Waals surface area contributed by atoms with Crippen LogP contribution in [0.1, 0.15) is 25.7 Å². The highest BCUT2D eigenvalue weighted by Gasteiger charge is 2.22. The number of amides is 1. The first-order chi connectivity index (χ1) is 8.13. The van der Waals surface area contributed by atoms with E-state index in [1.807, 2.05) is 0 Å². The molecular formula is C11H20N2O4. The highest BCUT2D eigenvalue weighted by atomic mass is 16.4. The van der Waals surface area contributed by atoms with Crippen molar-refractivity contribution in [2.75, 3.05) is 19.7 Å². The van der Waals surface area contributed by atoms with E-state index in [9.17, 15) is 9.59 Å². The van der Waals surface area contributed by atoms with Crippen LogP contribution in [0.4, 0.5) is 0 Å². The number of aliphatic hydroxyl groups is 1. The van der Waals surface area contributed by atoms with Crippen molar-refractivity contribution >= 4 is 11.9 Å². The molecule has 1 fully saturated rings. The Bertz CT molecular complexity index is 264. The minimum atomic E-state index is -1.10. The van der Waals surface area contributed by atoms with E-state index in [1.54, 1.807) is 0 Å². The number of carbonyl (C=O) groups is 2. The molecule has 6 nitrogen and oxygen atoms in total. The molecule has 0 saturated carbocycles. The van der Waals surface area contributed by atoms with Crippen molar-refractivity contribution in [3.8, 4) is 0 Å². The van der Waals surface area contributed by atoms with Gasteiger partial charge in [-0.1, -0.05) is 0 Å². The molecule has 98 valence electrons. The van der Waals surface area contributed by atoms with Gasteiger partial charge in [0.05, 0.1) is 0 Å². The van der Waals surface area contributed by atoms with Crippen LogP contribution >= 0.6 is 0 Å². The van der Waals surface area contributed by atoms with Gasteiger partial charge in [0, 0.05) is 19.4 Å². The number of hydrogen-bond acceptors (Lipinski definition) is 4. The van der Waals surface area contributed by atoms with Gasteiger partial charge in [-0.15, -0.1) is 0 Å². The predicted molar refractivity (Wildman–Crippen MR) is 61.5 cm³/mol. The summed E-state index contributed by atoms with van der Waals surface area (Å²) in [6.45, 7) is 1.58. The molecule has 0 aliphatic carbocycles. The van der Waals surface area contributed by atoms with Gasteiger partial charge in [-0.05, 0) is 31.8 Å². The molecule has 1 saturated heterocycles. The van der Waals surface area contributed by atoms with E-state index in [0.29, 0.717) is 12.3 Å². The Morgan fingerprint density at radius 3 is 2.53 bits per heavy atom. The largest absolute Gasteiger partial charge is 0.480 e. The molecule has 1 aliphatic heterocycles. The van der Waals surface area contributed by atoms with Crippen molar-refractivity contribution < 1.29 is 19.8 Å². The van der Waals surface area contributed by atoms with Gasteiger partial charge < -0.3 is 20.8 Å². The molecule has 1 heterocycles. The minimum absolute atomic E-state index is 0.0489. The lowest BCUT2D eigenvalue weighted by Crippen LogP contribution is -2.42. The van der Waals surface area contributed by atoms with Gasteiger partial charge in [-0.2, -0.15) is 0 Å². The lowest BCUT2D eigenvalue weighted by atomic mass is 9.94. The molecule has 0 aromatic rings. The fourth-order valence-electron chi connectivity index (χ4n) is 1.99. The first-order valence-corrected chi connectivity index (χ1v) is 5.97. The van der Waals surface area contributed by atoms with Crippen molar-refractivity contribution in [1.82, 2.24) is 10.6 Å². The maximum Gasteiger partial charge on any atom is 0.326 e. The molecule has 6 heteroatoms. The van der Waals surface area contributed by atoms with Crippen molar-refractivity contribution in [3.63, 3.8) is 0 Å². The smallest absolute Gasteiger partial charge is 0.326 e. The van der Waals surface area contributed by atoms with Gasteiger partial charge in [-0.3, -0.25) is 4.79 Å². The normalized spacial score (nSPS) is 18.6. The van der Waals surface area contributed by atoms with Crippen LogP contribution in [0.2, 0.25) is 0 Å². The highest BCUT2D eigenvalue weighted by Crippen LogP contribution is 2.15. The van der Waals surface area contributed by atoms with E-state index in [1.165, 1.54) is 0 Å². The summed E-state index contributed by atoms with van der Waals surface area (Å²) >= 11 is 0. The van der Waals surface area contributed by atoms with Gasteiger partial charge in [0.25, 0.3) is 0 Å². The Balaban J connectivity index is 2.33. The van der Waals surface area contributed by atoms with Gasteiger partial charge in [0.2, 0.25) is 5.91 Å². The Labute approximate surface area is 100 Å². The third-order valence-electron chi connectivity index (χ3n) is 2.98. The average Bonchev–Trinajstić information content (AvgIpc) is 2.29. The summed E-state index contributed by atoms with van der Waals surface area (Å²) in [6, 6.07) is -0.978. The third-order valence-corrected chi connectivity index (χ3v) is 2.98. The number of carbonyl (C=O) groups excluding carboxylic acids is 1. The SMILES string of the molecule is O=C(CC1CCNCC1)N[C@H](CCO)C(=O)O. The molecule has 17 heavy (non-hydrogen) atoms. The van der Waals surface area contributed by atoms with Gasteiger partial charge >= 0.3 is 5.97 Å². The Hall–Kier alpha value is -1.14. The second-order valence-corrected chi connectivity index (χ2v) is 4.37. The number of carboxylic acid groups (broad SMARTS) is 1. The molecule has 1 amide bonds. The lowest BCUT2D eigenvalue weighted by Gasteiger charge is -2.22. The third kappa shape index (κ3) is 5.14. The standard InChI is InChI=1S/C11H20N2O4/c14-6-3-9(11(16)17)13-10(15)7-8-1-4-12-5-2-8/h8-9,12,14H,1-7H2,(H,13,15)(H,16,17)/t9-/m1/s1. The number of aliphatic hydroxyl groups excluding tert-OH is 1. The van der Waals surface area contributed by atoms with E-state index >= 15 is 0 Å². The molecule has 1 atom stereocenters. The van der Waals surface area contributed by atoms with Crippen molar-refractivity contribution in [2.24, 2.45) is 5.92 Å². The molecule has 1 aliphatic rings. The fourth-order valence-corrected chi connectivity index (χ4v) is 1.99. The summed E-state index contributed by atoms with van der Waals surface area (Å²) in [5.74, 6) is -1.00. The van der Waals surface area contributed by atoms with Crippen molar-refractivity contribution in [2.45, 2.75) is 31.7 Å². The summed E-state index contributed by atoms with van der Waals surface area (Å²) in [7, 11) is 0. The van der Waals surface area contributed by atoms with Crippen molar-refractivity contribution in [1.29, 1.82) is 0 Å². The van der Waals surface area contributed by atoms with Crippen LogP contribution in [0.5, 0.6) is 0 Å². The zero-order chi connectivity index (χ0) is 12.7. The van der Waals surface area contributed by atoms with Crippen LogP contribution in [-0.2, 0) is 9.59 Å². The van der Waals surface area contributed by atoms with Gasteiger partial charge in [0.1, 0.15) is 6.04 Å². The lowest BCUT2D eigenvalue weighted by molar-refractivity contribution is -0.142. The number of aliphatic carboxylic acids is 1. The second kappa shape index (κ2) is 7.24. The second-order valence-electron chi connectivity index (χ2n) is 4.37. The molecule has 0 bridgehead atoms. The molecular weight excluding hydrogens is 224 g/mol. The Kier molecular flexibility index (Phi) is 5.93. The summed E-state index contributed by atoms with van der Waals surface area (Å²) in [6.07, 6.45) is 2.32. The van der Waals surface area contributed by atoms with Crippen LogP contribution in [0.15, 0.2) is 0 Å². The number of hydrogen-bond donors (Lipinski definition) is 4. The van der Waals surface area contributed by atoms with E-state index in [-0.39, 0.29) is 18.9 Å². The average molecular weight is 244 g/mol. The van der Waals surface area contributed by atoms with Crippen LogP contribution < -0.4 is 10.6 Å². The van der Waals surface area contributed by atoms with Crippen LogP contribution in [0, 0.1) is 5.92 Å². The number of carboxylic acids is 1. The maximum atomic E-state index is 11.6. The highest BCUT2D eigenvalue weighted by molar-refractivity contribution is 5.83. The Morgan fingerprint density at radius 2 is 2.00 bits per heavy atom. The zero-order valence-corrected chi connectivity index (χ0v) is 9.82. The minimum Gasteiger partial charge on any atom is -0.480 e. The fraction of sp³-hybridized carbons (Fsp3) is 0.818. The van der Waals surface area contributed by atoms with Crippen LogP contribution in [0.3, 0.4) is 0 Å². The summed E-state index contributed by atoms with van der Waals surface area (Å²) in [4.78, 5) is 22.4. The van der Waals surface area contributed by atoms with E-state index in [0.717, 1.165) is 25.9 Å². The molecule has 1 rings (SSSR count). The number of piperidine rings is 1. The molecule has 0 unspecified atom stereocenters. The molecule has 0 radical (unpaired) electrons. The number of nitrogens with one attached hydrogen (secondary N) is 2. The molecule has 0 aromatic heterocycles. The van der Waals surface area contributed by atoms with E-state index in [2.05, 4.69) is 10.6 Å². The topological polar surface area (TPSA) is 98.7 Å². The van der Waals surface area contributed by atoms with E-state index in [4.69, 9.17) is 10.2 Å². The predicted octanol–water partition coefficient (Wildman–Crippen LogP) is -0.672. The maximum absolute atomic E-state index is 11.6. The Morgan fingerprint density at radius 1 is 1.35 bits per heavy atom. The van der Waals surface area contributed by atoms with Gasteiger partial charge in [0.15, 0.2) is 0 Å². The summed E-state index contributed by atoms with van der Waals surface area (Å²) < 4.78 is 0. The quantitative estimate of drug-likeness (QED) is 0.496. The molecule has 0 spiro atoms. The first kappa shape index (κ1) is 13.9. The van der Waals surface area contributed by atoms with Crippen LogP contribution in [-0.4, -0.2) is 47.8 Å². The summed E-state index contributed by atoms with van der Waals surface area (Å²) in [5.41, 5.74) is 0. The van der Waals surface area contributed by atoms with Gasteiger partial charge in [-0.25, -0.2) is 4.79 Å². The molecule has 4 N–H and O–H groups in total.